The molecule has 1 rings (SSSR count). The number of hydrogen-bond donors (Lipinski definition) is 0. The average molecular weight is 224 g/mol. The van der Waals surface area contributed by atoms with Crippen molar-refractivity contribution in [3.05, 3.63) is 0 Å². The lowest BCUT2D eigenvalue weighted by atomic mass is 9.62. The van der Waals surface area contributed by atoms with Gasteiger partial charge in [-0.1, -0.05) is 27.7 Å². The average Bonchev–Trinajstić information content (AvgIpc) is 2.36. The van der Waals surface area contributed by atoms with Crippen molar-refractivity contribution in [1.82, 2.24) is 0 Å². The second-order valence-electron chi connectivity index (χ2n) is 6.20. The first kappa shape index (κ1) is 13.4. The Balaban J connectivity index is 3.04. The van der Waals surface area contributed by atoms with Gasteiger partial charge >= 0.3 is 0 Å². The van der Waals surface area contributed by atoms with Crippen molar-refractivity contribution in [3.63, 3.8) is 0 Å². The summed E-state index contributed by atoms with van der Waals surface area (Å²) in [5.74, 6) is 0.784. The van der Waals surface area contributed by atoms with E-state index in [2.05, 4.69) is 27.7 Å². The molecule has 1 saturated carbocycles. The Morgan fingerprint density at radius 3 is 2.25 bits per heavy atom. The molecule has 0 N–H and O–H groups in total. The van der Waals surface area contributed by atoms with E-state index in [1.165, 1.54) is 0 Å². The van der Waals surface area contributed by atoms with Gasteiger partial charge in [-0.25, -0.2) is 0 Å². The molecule has 0 radical (unpaired) electrons. The van der Waals surface area contributed by atoms with Crippen molar-refractivity contribution in [3.8, 4) is 0 Å². The lowest BCUT2D eigenvalue weighted by Gasteiger charge is -2.38. The fraction of sp³-hybridized carbons (Fsp3) is 0.857. The van der Waals surface area contributed by atoms with Crippen molar-refractivity contribution in [2.75, 3.05) is 0 Å². The zero-order chi connectivity index (χ0) is 12.6. The number of carbonyl (C=O) groups is 2. The van der Waals surface area contributed by atoms with Gasteiger partial charge in [0.1, 0.15) is 11.6 Å². The van der Waals surface area contributed by atoms with E-state index in [0.717, 1.165) is 19.3 Å². The Labute approximate surface area is 98.8 Å². The Kier molecular flexibility index (Phi) is 3.61. The van der Waals surface area contributed by atoms with Crippen LogP contribution < -0.4 is 0 Å². The molecule has 1 aliphatic rings. The molecular formula is C14H24O2. The van der Waals surface area contributed by atoms with Crippen LogP contribution in [0.3, 0.4) is 0 Å². The highest BCUT2D eigenvalue weighted by molar-refractivity contribution is 6.08. The van der Waals surface area contributed by atoms with Crippen molar-refractivity contribution < 1.29 is 9.59 Å². The Hall–Kier alpha value is -0.660. The quantitative estimate of drug-likeness (QED) is 0.686. The molecular weight excluding hydrogens is 200 g/mol. The molecule has 1 unspecified atom stereocenters. The van der Waals surface area contributed by atoms with E-state index in [9.17, 15) is 9.59 Å². The molecule has 2 heteroatoms. The fourth-order valence-corrected chi connectivity index (χ4v) is 3.06. The largest absolute Gasteiger partial charge is 0.299 e. The molecule has 0 aromatic rings. The van der Waals surface area contributed by atoms with E-state index >= 15 is 0 Å². The van der Waals surface area contributed by atoms with Crippen LogP contribution in [0.25, 0.3) is 0 Å². The summed E-state index contributed by atoms with van der Waals surface area (Å²) in [6.07, 6.45) is 3.11. The Bertz CT molecular complexity index is 302. The number of Topliss-reactive ketones (excluding diaryl/α,β-unsaturated/α-hetero) is 2. The van der Waals surface area contributed by atoms with E-state index in [1.807, 2.05) is 0 Å². The molecule has 0 spiro atoms. The Morgan fingerprint density at radius 2 is 1.94 bits per heavy atom. The minimum absolute atomic E-state index is 0.0700. The monoisotopic (exact) mass is 224 g/mol. The summed E-state index contributed by atoms with van der Waals surface area (Å²) in [6, 6.07) is 0. The van der Waals surface area contributed by atoms with Crippen LogP contribution in [-0.2, 0) is 9.59 Å². The maximum atomic E-state index is 12.1. The molecule has 0 aromatic carbocycles. The molecule has 1 atom stereocenters. The molecule has 16 heavy (non-hydrogen) atoms. The summed E-state index contributed by atoms with van der Waals surface area (Å²) in [6.45, 7) is 10.0. The maximum Gasteiger partial charge on any atom is 0.146 e. The van der Waals surface area contributed by atoms with Gasteiger partial charge in [0.15, 0.2) is 0 Å². The van der Waals surface area contributed by atoms with Crippen molar-refractivity contribution >= 4 is 11.6 Å². The minimum Gasteiger partial charge on any atom is -0.299 e. The van der Waals surface area contributed by atoms with Crippen molar-refractivity contribution in [2.24, 2.45) is 16.7 Å². The molecule has 0 amide bonds. The number of ketones is 2. The zero-order valence-electron chi connectivity index (χ0n) is 11.2. The lowest BCUT2D eigenvalue weighted by molar-refractivity contribution is -0.143. The van der Waals surface area contributed by atoms with Crippen molar-refractivity contribution in [2.45, 2.75) is 60.3 Å². The smallest absolute Gasteiger partial charge is 0.146 e. The second kappa shape index (κ2) is 4.31. The summed E-state index contributed by atoms with van der Waals surface area (Å²) in [4.78, 5) is 24.1. The lowest BCUT2D eigenvalue weighted by Crippen LogP contribution is -2.44. The van der Waals surface area contributed by atoms with Gasteiger partial charge in [0, 0.05) is 6.42 Å². The van der Waals surface area contributed by atoms with Gasteiger partial charge in [0.2, 0.25) is 0 Å². The van der Waals surface area contributed by atoms with Gasteiger partial charge in [-0.2, -0.15) is 0 Å². The normalized spacial score (nSPS) is 28.8. The highest BCUT2D eigenvalue weighted by atomic mass is 16.2. The standard InChI is InChI=1S/C14H24O2/c1-10(2)6-9-14(11(3)15)12(16)7-8-13(14,4)5/h10H,6-9H2,1-5H3. The predicted molar refractivity (Wildman–Crippen MR) is 65.2 cm³/mol. The van der Waals surface area contributed by atoms with Crippen LogP contribution >= 0.6 is 0 Å². The van der Waals surface area contributed by atoms with E-state index in [-0.39, 0.29) is 17.0 Å². The second-order valence-corrected chi connectivity index (χ2v) is 6.20. The van der Waals surface area contributed by atoms with E-state index in [0.29, 0.717) is 12.3 Å². The molecule has 2 nitrogen and oxygen atoms in total. The maximum absolute atomic E-state index is 12.1. The summed E-state index contributed by atoms with van der Waals surface area (Å²) in [5.41, 5.74) is -0.859. The topological polar surface area (TPSA) is 34.1 Å². The molecule has 92 valence electrons. The van der Waals surface area contributed by atoms with Crippen LogP contribution in [0.15, 0.2) is 0 Å². The first-order chi connectivity index (χ1) is 7.24. The molecule has 0 saturated heterocycles. The molecule has 0 aliphatic heterocycles. The van der Waals surface area contributed by atoms with Crippen molar-refractivity contribution in [1.29, 1.82) is 0 Å². The number of hydrogen-bond acceptors (Lipinski definition) is 2. The van der Waals surface area contributed by atoms with E-state index < -0.39 is 5.41 Å². The van der Waals surface area contributed by atoms with E-state index in [1.54, 1.807) is 6.92 Å². The van der Waals surface area contributed by atoms with Crippen LogP contribution in [0.1, 0.15) is 60.3 Å². The minimum atomic E-state index is -0.697. The predicted octanol–water partition coefficient (Wildman–Crippen LogP) is 3.39. The third-order valence-corrected chi connectivity index (χ3v) is 4.31. The summed E-state index contributed by atoms with van der Waals surface area (Å²) in [5, 5.41) is 0. The van der Waals surface area contributed by atoms with Crippen LogP contribution in [0.4, 0.5) is 0 Å². The van der Waals surface area contributed by atoms with Gasteiger partial charge in [0.25, 0.3) is 0 Å². The summed E-state index contributed by atoms with van der Waals surface area (Å²) in [7, 11) is 0. The van der Waals surface area contributed by atoms with Crippen LogP contribution in [0.5, 0.6) is 0 Å². The molecule has 0 bridgehead atoms. The van der Waals surface area contributed by atoms with Gasteiger partial charge in [0.05, 0.1) is 5.41 Å². The Morgan fingerprint density at radius 1 is 1.38 bits per heavy atom. The van der Waals surface area contributed by atoms with Gasteiger partial charge in [-0.3, -0.25) is 9.59 Å². The third kappa shape index (κ3) is 1.94. The molecule has 1 aliphatic carbocycles. The fourth-order valence-electron chi connectivity index (χ4n) is 3.06. The van der Waals surface area contributed by atoms with E-state index in [4.69, 9.17) is 0 Å². The summed E-state index contributed by atoms with van der Waals surface area (Å²) >= 11 is 0. The summed E-state index contributed by atoms with van der Waals surface area (Å²) < 4.78 is 0. The van der Waals surface area contributed by atoms with Gasteiger partial charge < -0.3 is 0 Å². The van der Waals surface area contributed by atoms with Crippen LogP contribution in [0.2, 0.25) is 0 Å². The first-order valence-corrected chi connectivity index (χ1v) is 6.28. The van der Waals surface area contributed by atoms with Gasteiger partial charge in [-0.15, -0.1) is 0 Å². The number of rotatable bonds is 4. The molecule has 1 fully saturated rings. The molecule has 0 aromatic heterocycles. The highest BCUT2D eigenvalue weighted by Crippen LogP contribution is 2.53. The highest BCUT2D eigenvalue weighted by Gasteiger charge is 2.57. The van der Waals surface area contributed by atoms with Gasteiger partial charge in [-0.05, 0) is 37.5 Å². The van der Waals surface area contributed by atoms with Crippen LogP contribution in [-0.4, -0.2) is 11.6 Å². The number of carbonyl (C=O) groups excluding carboxylic acids is 2. The zero-order valence-corrected chi connectivity index (χ0v) is 11.2. The molecule has 0 heterocycles. The third-order valence-electron chi connectivity index (χ3n) is 4.31. The SMILES string of the molecule is CC(=O)C1(CCC(C)C)C(=O)CCC1(C)C. The van der Waals surface area contributed by atoms with Crippen LogP contribution in [0, 0.1) is 16.7 Å². The first-order valence-electron chi connectivity index (χ1n) is 6.28.